The van der Waals surface area contributed by atoms with Gasteiger partial charge >= 0.3 is 0 Å². The van der Waals surface area contributed by atoms with E-state index in [2.05, 4.69) is 30.2 Å². The Labute approximate surface area is 193 Å². The van der Waals surface area contributed by atoms with Crippen molar-refractivity contribution in [3.05, 3.63) is 75.9 Å². The van der Waals surface area contributed by atoms with Crippen molar-refractivity contribution in [2.75, 3.05) is 16.8 Å². The summed E-state index contributed by atoms with van der Waals surface area (Å²) in [7, 11) is 0. The largest absolute Gasteiger partial charge is 0.363 e. The fourth-order valence-electron chi connectivity index (χ4n) is 3.80. The number of aromatic nitrogens is 5. The van der Waals surface area contributed by atoms with E-state index in [1.165, 1.54) is 12.4 Å². The Bertz CT molecular complexity index is 1290. The van der Waals surface area contributed by atoms with Crippen LogP contribution in [0.4, 0.5) is 20.4 Å². The van der Waals surface area contributed by atoms with Crippen LogP contribution >= 0.6 is 11.3 Å². The van der Waals surface area contributed by atoms with Gasteiger partial charge in [0.2, 0.25) is 5.82 Å². The molecule has 0 saturated carbocycles. The van der Waals surface area contributed by atoms with E-state index in [1.54, 1.807) is 29.8 Å². The molecule has 10 heteroatoms. The van der Waals surface area contributed by atoms with Crippen LogP contribution in [0.25, 0.3) is 11.3 Å². The summed E-state index contributed by atoms with van der Waals surface area (Å²) in [4.78, 5) is 24.1. The maximum absolute atomic E-state index is 15.2. The van der Waals surface area contributed by atoms with Gasteiger partial charge in [-0.3, -0.25) is 9.97 Å². The first-order valence-corrected chi connectivity index (χ1v) is 11.5. The number of thiazole rings is 1. The van der Waals surface area contributed by atoms with Crippen LogP contribution in [-0.2, 0) is 25.9 Å². The molecule has 0 aliphatic carbocycles. The maximum Gasteiger partial charge on any atom is 0.207 e. The van der Waals surface area contributed by atoms with Gasteiger partial charge in [0.25, 0.3) is 0 Å². The van der Waals surface area contributed by atoms with Gasteiger partial charge in [0.15, 0.2) is 11.6 Å². The summed E-state index contributed by atoms with van der Waals surface area (Å²) < 4.78 is 29.9. The van der Waals surface area contributed by atoms with Crippen LogP contribution in [-0.4, -0.2) is 31.5 Å². The number of nitrogens with one attached hydrogen (secondary N) is 1. The number of fused-ring (bicyclic) bond motifs is 1. The summed E-state index contributed by atoms with van der Waals surface area (Å²) in [6, 6.07) is 4.96. The zero-order valence-electron chi connectivity index (χ0n) is 17.9. The Morgan fingerprint density at radius 1 is 1.12 bits per heavy atom. The van der Waals surface area contributed by atoms with Crippen LogP contribution in [0.3, 0.4) is 0 Å². The number of hydrogen-bond acceptors (Lipinski definition) is 8. The predicted molar refractivity (Wildman–Crippen MR) is 123 cm³/mol. The van der Waals surface area contributed by atoms with Gasteiger partial charge in [0.1, 0.15) is 17.8 Å². The van der Waals surface area contributed by atoms with Crippen LogP contribution in [0.1, 0.15) is 28.8 Å². The molecule has 33 heavy (non-hydrogen) atoms. The van der Waals surface area contributed by atoms with Crippen molar-refractivity contribution in [1.82, 2.24) is 24.9 Å². The normalized spacial score (nSPS) is 13.1. The maximum atomic E-state index is 15.2. The van der Waals surface area contributed by atoms with Crippen molar-refractivity contribution in [1.29, 1.82) is 0 Å². The van der Waals surface area contributed by atoms with Crippen LogP contribution in [0.5, 0.6) is 0 Å². The molecule has 1 N–H and O–H groups in total. The van der Waals surface area contributed by atoms with Crippen LogP contribution < -0.4 is 10.2 Å². The van der Waals surface area contributed by atoms with Gasteiger partial charge < -0.3 is 10.2 Å². The summed E-state index contributed by atoms with van der Waals surface area (Å²) >= 11 is 1.56. The van der Waals surface area contributed by atoms with E-state index in [4.69, 9.17) is 0 Å². The Morgan fingerprint density at radius 2 is 2.03 bits per heavy atom. The van der Waals surface area contributed by atoms with Crippen LogP contribution in [0.15, 0.2) is 42.4 Å². The molecule has 4 aromatic rings. The second-order valence-corrected chi connectivity index (χ2v) is 8.61. The molecule has 168 valence electrons. The molecule has 7 nitrogen and oxygen atoms in total. The van der Waals surface area contributed by atoms with Crippen molar-refractivity contribution >= 4 is 23.0 Å². The summed E-state index contributed by atoms with van der Waals surface area (Å²) in [6.07, 6.45) is 6.07. The third-order valence-electron chi connectivity index (χ3n) is 5.56. The number of rotatable bonds is 6. The van der Waals surface area contributed by atoms with Gasteiger partial charge in [-0.15, -0.1) is 11.3 Å². The Hall–Kier alpha value is -3.53. The van der Waals surface area contributed by atoms with Crippen molar-refractivity contribution < 1.29 is 8.78 Å². The summed E-state index contributed by atoms with van der Waals surface area (Å²) in [5, 5.41) is 2.95. The van der Waals surface area contributed by atoms with Gasteiger partial charge in [-0.2, -0.15) is 4.39 Å². The molecule has 0 aromatic carbocycles. The highest BCUT2D eigenvalue weighted by molar-refractivity contribution is 7.09. The highest BCUT2D eigenvalue weighted by Crippen LogP contribution is 2.29. The highest BCUT2D eigenvalue weighted by atomic mass is 32.1. The summed E-state index contributed by atoms with van der Waals surface area (Å²) in [5.41, 5.74) is 5.27. The molecule has 0 bridgehead atoms. The molecule has 0 radical (unpaired) electrons. The van der Waals surface area contributed by atoms with E-state index >= 15 is 4.39 Å². The summed E-state index contributed by atoms with van der Waals surface area (Å²) in [6.45, 7) is 3.37. The molecule has 4 aromatic heterocycles. The van der Waals surface area contributed by atoms with E-state index in [-0.39, 0.29) is 23.9 Å². The first-order chi connectivity index (χ1) is 16.1. The fraction of sp³-hybridized carbons (Fsp3) is 0.261. The highest BCUT2D eigenvalue weighted by Gasteiger charge is 2.23. The van der Waals surface area contributed by atoms with E-state index < -0.39 is 11.6 Å². The molecule has 1 aliphatic rings. The molecule has 0 atom stereocenters. The van der Waals surface area contributed by atoms with Crippen molar-refractivity contribution in [3.8, 4) is 11.3 Å². The predicted octanol–water partition coefficient (Wildman–Crippen LogP) is 4.41. The lowest BCUT2D eigenvalue weighted by atomic mass is 10.1. The zero-order chi connectivity index (χ0) is 22.8. The number of nitrogens with zero attached hydrogens (tertiary/aromatic N) is 6. The lowest BCUT2D eigenvalue weighted by molar-refractivity contribution is 0.596. The van der Waals surface area contributed by atoms with E-state index in [1.807, 2.05) is 23.4 Å². The number of hydrogen-bond donors (Lipinski definition) is 1. The molecule has 0 fully saturated rings. The molecule has 0 unspecified atom stereocenters. The Morgan fingerprint density at radius 3 is 2.88 bits per heavy atom. The Kier molecular flexibility index (Phi) is 5.91. The molecule has 1 aliphatic heterocycles. The molecule has 0 saturated heterocycles. The average molecular weight is 466 g/mol. The molecular formula is C23H21F2N7S. The van der Waals surface area contributed by atoms with Gasteiger partial charge in [0, 0.05) is 48.0 Å². The second-order valence-electron chi connectivity index (χ2n) is 7.67. The van der Waals surface area contributed by atoms with E-state index in [0.29, 0.717) is 24.2 Å². The number of anilines is 2. The monoisotopic (exact) mass is 465 g/mol. The lowest BCUT2D eigenvalue weighted by Gasteiger charge is -2.27. The second kappa shape index (κ2) is 9.14. The minimum Gasteiger partial charge on any atom is -0.363 e. The van der Waals surface area contributed by atoms with Gasteiger partial charge in [-0.1, -0.05) is 6.92 Å². The Balaban J connectivity index is 1.31. The zero-order valence-corrected chi connectivity index (χ0v) is 18.7. The lowest BCUT2D eigenvalue weighted by Crippen LogP contribution is -2.31. The quantitative estimate of drug-likeness (QED) is 0.452. The molecular weight excluding hydrogens is 444 g/mol. The number of aryl methyl sites for hydroxylation is 1. The van der Waals surface area contributed by atoms with Gasteiger partial charge in [0.05, 0.1) is 17.7 Å². The van der Waals surface area contributed by atoms with Crippen molar-refractivity contribution in [2.24, 2.45) is 0 Å². The fourth-order valence-corrected chi connectivity index (χ4v) is 4.62. The van der Waals surface area contributed by atoms with E-state index in [9.17, 15) is 4.39 Å². The molecule has 5 heterocycles. The molecule has 0 spiro atoms. The third-order valence-corrected chi connectivity index (χ3v) is 6.42. The van der Waals surface area contributed by atoms with Crippen molar-refractivity contribution in [2.45, 2.75) is 32.9 Å². The van der Waals surface area contributed by atoms with E-state index in [0.717, 1.165) is 29.1 Å². The van der Waals surface area contributed by atoms with Gasteiger partial charge in [-0.25, -0.2) is 19.3 Å². The third kappa shape index (κ3) is 4.38. The van der Waals surface area contributed by atoms with Crippen molar-refractivity contribution in [3.63, 3.8) is 0 Å². The number of halogens is 2. The summed E-state index contributed by atoms with van der Waals surface area (Å²) in [5.74, 6) is -0.656. The average Bonchev–Trinajstić information content (AvgIpc) is 3.31. The topological polar surface area (TPSA) is 79.7 Å². The van der Waals surface area contributed by atoms with Crippen LogP contribution in [0, 0.1) is 11.6 Å². The molecule has 5 rings (SSSR count). The first-order valence-electron chi connectivity index (χ1n) is 10.6. The minimum atomic E-state index is -0.528. The van der Waals surface area contributed by atoms with Gasteiger partial charge in [-0.05, 0) is 30.2 Å². The standard InChI is InChI=1S/C23H21F2N7S/c1-2-16-8-15(3-5-26-16)21-17(24)7-14(9-27-21)10-28-22-20(25)23(30-12-29-22)32-6-4-18-19(11-32)33-13-31-18/h3,5,7-9,12-13H,2,4,6,10-11H2,1H3,(H,28,29,30). The minimum absolute atomic E-state index is 0.0707. The SMILES string of the molecule is CCc1cc(-c2ncc(CNc3ncnc(N4CCc5ncsc5C4)c3F)cc2F)ccn1. The van der Waals surface area contributed by atoms with Crippen LogP contribution in [0.2, 0.25) is 0 Å². The first kappa shape index (κ1) is 21.3. The number of pyridine rings is 2. The molecule has 0 amide bonds. The smallest absolute Gasteiger partial charge is 0.207 e.